The quantitative estimate of drug-likeness (QED) is 0.529. The molecule has 0 radical (unpaired) electrons. The van der Waals surface area contributed by atoms with Crippen molar-refractivity contribution in [2.75, 3.05) is 39.5 Å². The molecule has 0 aliphatic carbocycles. The molecular formula is C8H21N3O2S. The number of nitrogens with two attached hydrogens (primary N) is 1. The summed E-state index contributed by atoms with van der Waals surface area (Å²) in [6.45, 7) is 2.36. The summed E-state index contributed by atoms with van der Waals surface area (Å²) in [5.74, 6) is 0.0146. The van der Waals surface area contributed by atoms with Crippen LogP contribution in [-0.2, 0) is 10.0 Å². The van der Waals surface area contributed by atoms with Gasteiger partial charge in [-0.2, -0.15) is 0 Å². The molecule has 0 spiro atoms. The summed E-state index contributed by atoms with van der Waals surface area (Å²) in [6, 6.07) is 0. The summed E-state index contributed by atoms with van der Waals surface area (Å²) in [5, 5.41) is 7.88. The zero-order valence-electron chi connectivity index (χ0n) is 8.99. The van der Waals surface area contributed by atoms with Crippen molar-refractivity contribution in [3.05, 3.63) is 0 Å². The van der Waals surface area contributed by atoms with E-state index < -0.39 is 10.0 Å². The number of rotatable bonds is 8. The van der Waals surface area contributed by atoms with E-state index in [1.807, 2.05) is 14.1 Å². The van der Waals surface area contributed by atoms with Crippen LogP contribution >= 0.6 is 0 Å². The molecule has 0 amide bonds. The topological polar surface area (TPSA) is 75.4 Å². The normalized spacial score (nSPS) is 12.3. The fraction of sp³-hybridized carbons (Fsp3) is 1.00. The summed E-state index contributed by atoms with van der Waals surface area (Å²) in [7, 11) is 0.771. The highest BCUT2D eigenvalue weighted by atomic mass is 32.2. The molecule has 3 N–H and O–H groups in total. The van der Waals surface area contributed by atoms with Gasteiger partial charge in [0.15, 0.2) is 0 Å². The maximum Gasteiger partial charge on any atom is 0.210 e. The number of nitrogens with zero attached hydrogens (tertiary/aromatic N) is 1. The third kappa shape index (κ3) is 11.8. The van der Waals surface area contributed by atoms with Gasteiger partial charge in [0.05, 0.1) is 5.75 Å². The molecule has 0 bridgehead atoms. The lowest BCUT2D eigenvalue weighted by atomic mass is 10.3. The van der Waals surface area contributed by atoms with Gasteiger partial charge in [0.2, 0.25) is 10.0 Å². The van der Waals surface area contributed by atoms with Gasteiger partial charge in [0, 0.05) is 6.54 Å². The van der Waals surface area contributed by atoms with Crippen LogP contribution in [0.25, 0.3) is 0 Å². The van der Waals surface area contributed by atoms with Crippen LogP contribution in [0.5, 0.6) is 0 Å². The Morgan fingerprint density at radius 3 is 2.36 bits per heavy atom. The molecule has 0 aliphatic heterocycles. The van der Waals surface area contributed by atoms with Gasteiger partial charge in [-0.3, -0.25) is 0 Å². The molecule has 0 aromatic carbocycles. The van der Waals surface area contributed by atoms with E-state index in [-0.39, 0.29) is 5.75 Å². The molecule has 0 unspecified atom stereocenters. The van der Waals surface area contributed by atoms with E-state index in [1.165, 1.54) is 0 Å². The molecule has 0 aliphatic rings. The minimum Gasteiger partial charge on any atom is -0.316 e. The first-order valence-corrected chi connectivity index (χ1v) is 6.49. The third-order valence-electron chi connectivity index (χ3n) is 1.77. The van der Waals surface area contributed by atoms with Crippen LogP contribution in [-0.4, -0.2) is 52.8 Å². The SMILES string of the molecule is CN(C)CCCCNCCS(N)(=O)=O. The number of unbranched alkanes of at least 4 members (excludes halogenated alkanes) is 1. The molecule has 0 saturated heterocycles. The summed E-state index contributed by atoms with van der Waals surface area (Å²) < 4.78 is 21.1. The predicted octanol–water partition coefficient (Wildman–Crippen LogP) is -0.794. The summed E-state index contributed by atoms with van der Waals surface area (Å²) in [4.78, 5) is 2.13. The molecule has 0 fully saturated rings. The summed E-state index contributed by atoms with van der Waals surface area (Å²) in [5.41, 5.74) is 0. The van der Waals surface area contributed by atoms with E-state index in [1.54, 1.807) is 0 Å². The molecule has 0 atom stereocenters. The van der Waals surface area contributed by atoms with Gasteiger partial charge in [-0.1, -0.05) is 0 Å². The molecule has 14 heavy (non-hydrogen) atoms. The van der Waals surface area contributed by atoms with Gasteiger partial charge in [0.25, 0.3) is 0 Å². The highest BCUT2D eigenvalue weighted by molar-refractivity contribution is 7.89. The highest BCUT2D eigenvalue weighted by Gasteiger charge is 2.00. The second kappa shape index (κ2) is 7.17. The van der Waals surface area contributed by atoms with Gasteiger partial charge < -0.3 is 10.2 Å². The van der Waals surface area contributed by atoms with E-state index in [0.29, 0.717) is 6.54 Å². The predicted molar refractivity (Wildman–Crippen MR) is 58.6 cm³/mol. The van der Waals surface area contributed by atoms with Gasteiger partial charge in [-0.05, 0) is 40.0 Å². The number of hydrogen-bond acceptors (Lipinski definition) is 4. The van der Waals surface area contributed by atoms with E-state index in [4.69, 9.17) is 5.14 Å². The Kier molecular flexibility index (Phi) is 7.08. The Hall–Kier alpha value is -0.170. The minimum absolute atomic E-state index is 0.0146. The lowest BCUT2D eigenvalue weighted by molar-refractivity contribution is 0.392. The fourth-order valence-corrected chi connectivity index (χ4v) is 1.45. The van der Waals surface area contributed by atoms with Crippen LogP contribution in [0, 0.1) is 0 Å². The second-order valence-corrected chi connectivity index (χ2v) is 5.36. The Morgan fingerprint density at radius 1 is 1.21 bits per heavy atom. The first-order valence-electron chi connectivity index (χ1n) is 4.78. The molecular weight excluding hydrogens is 202 g/mol. The van der Waals surface area contributed by atoms with Crippen molar-refractivity contribution >= 4 is 10.0 Å². The molecule has 6 heteroatoms. The molecule has 5 nitrogen and oxygen atoms in total. The van der Waals surface area contributed by atoms with Crippen LogP contribution in [0.1, 0.15) is 12.8 Å². The molecule has 0 aromatic rings. The average molecular weight is 223 g/mol. The zero-order chi connectivity index (χ0) is 11.0. The van der Waals surface area contributed by atoms with Crippen molar-refractivity contribution in [3.63, 3.8) is 0 Å². The van der Waals surface area contributed by atoms with Crippen LogP contribution in [0.4, 0.5) is 0 Å². The first kappa shape index (κ1) is 13.8. The Labute approximate surface area is 86.7 Å². The third-order valence-corrected chi connectivity index (χ3v) is 2.55. The number of sulfonamides is 1. The van der Waals surface area contributed by atoms with E-state index in [2.05, 4.69) is 10.2 Å². The standard InChI is InChI=1S/C8H21N3O2S/c1-11(2)7-4-3-5-10-6-8-14(9,12)13/h10H,3-8H2,1-2H3,(H2,9,12,13). The van der Waals surface area contributed by atoms with E-state index in [9.17, 15) is 8.42 Å². The van der Waals surface area contributed by atoms with Crippen LogP contribution in [0.2, 0.25) is 0 Å². The number of nitrogens with one attached hydrogen (secondary N) is 1. The Bertz CT molecular complexity index is 227. The molecule has 0 rings (SSSR count). The van der Waals surface area contributed by atoms with Crippen molar-refractivity contribution in [2.45, 2.75) is 12.8 Å². The highest BCUT2D eigenvalue weighted by Crippen LogP contribution is 1.88. The molecule has 0 saturated carbocycles. The zero-order valence-corrected chi connectivity index (χ0v) is 9.81. The van der Waals surface area contributed by atoms with Crippen molar-refractivity contribution in [2.24, 2.45) is 5.14 Å². The van der Waals surface area contributed by atoms with E-state index >= 15 is 0 Å². The number of hydrogen-bond donors (Lipinski definition) is 2. The van der Waals surface area contributed by atoms with Crippen molar-refractivity contribution in [3.8, 4) is 0 Å². The summed E-state index contributed by atoms with van der Waals surface area (Å²) >= 11 is 0. The average Bonchev–Trinajstić information content (AvgIpc) is 2.00. The first-order chi connectivity index (χ1) is 6.42. The van der Waals surface area contributed by atoms with Crippen LogP contribution in [0.15, 0.2) is 0 Å². The smallest absolute Gasteiger partial charge is 0.210 e. The monoisotopic (exact) mass is 223 g/mol. The van der Waals surface area contributed by atoms with Gasteiger partial charge >= 0.3 is 0 Å². The Morgan fingerprint density at radius 2 is 1.86 bits per heavy atom. The molecule has 86 valence electrons. The second-order valence-electron chi connectivity index (χ2n) is 3.63. The maximum absolute atomic E-state index is 10.5. The van der Waals surface area contributed by atoms with Gasteiger partial charge in [-0.15, -0.1) is 0 Å². The Balaban J connectivity index is 3.15. The maximum atomic E-state index is 10.5. The fourth-order valence-electron chi connectivity index (χ4n) is 1.02. The van der Waals surface area contributed by atoms with Crippen molar-refractivity contribution < 1.29 is 8.42 Å². The lowest BCUT2D eigenvalue weighted by Gasteiger charge is -2.08. The van der Waals surface area contributed by atoms with Crippen molar-refractivity contribution in [1.29, 1.82) is 0 Å². The van der Waals surface area contributed by atoms with Gasteiger partial charge in [-0.25, -0.2) is 13.6 Å². The molecule has 0 aromatic heterocycles. The number of primary sulfonamides is 1. The van der Waals surface area contributed by atoms with Crippen LogP contribution < -0.4 is 10.5 Å². The van der Waals surface area contributed by atoms with E-state index in [0.717, 1.165) is 25.9 Å². The lowest BCUT2D eigenvalue weighted by Crippen LogP contribution is -2.28. The molecule has 0 heterocycles. The van der Waals surface area contributed by atoms with Crippen LogP contribution in [0.3, 0.4) is 0 Å². The largest absolute Gasteiger partial charge is 0.316 e. The minimum atomic E-state index is -3.30. The summed E-state index contributed by atoms with van der Waals surface area (Å²) in [6.07, 6.45) is 2.18. The van der Waals surface area contributed by atoms with Gasteiger partial charge in [0.1, 0.15) is 0 Å². The van der Waals surface area contributed by atoms with Crippen molar-refractivity contribution in [1.82, 2.24) is 10.2 Å².